The Balaban J connectivity index is 1.69. The molecule has 2 aromatic rings. The first-order valence-corrected chi connectivity index (χ1v) is 8.32. The Morgan fingerprint density at radius 3 is 2.52 bits per heavy atom. The van der Waals surface area contributed by atoms with Crippen LogP contribution >= 0.6 is 0 Å². The number of aryl methyl sites for hydroxylation is 1. The molecule has 7 nitrogen and oxygen atoms in total. The van der Waals surface area contributed by atoms with Crippen LogP contribution in [0.4, 0.5) is 10.5 Å². The number of hydrogen-bond donors (Lipinski definition) is 2. The van der Waals surface area contributed by atoms with Gasteiger partial charge in [-0.05, 0) is 42.3 Å². The Labute approximate surface area is 156 Å². The van der Waals surface area contributed by atoms with Crippen molar-refractivity contribution in [1.82, 2.24) is 10.2 Å². The number of carbonyl (C=O) groups is 3. The number of benzene rings is 2. The molecule has 0 aliphatic carbocycles. The average Bonchev–Trinajstić information content (AvgIpc) is 2.91. The molecular weight excluding hydrogens is 346 g/mol. The lowest BCUT2D eigenvalue weighted by molar-refractivity contribution is -0.127. The van der Waals surface area contributed by atoms with Gasteiger partial charge in [0.05, 0.1) is 7.11 Å². The van der Waals surface area contributed by atoms with Crippen molar-refractivity contribution in [3.63, 3.8) is 0 Å². The number of hydrogen-bond acceptors (Lipinski definition) is 4. The normalized spacial score (nSPS) is 15.0. The quantitative estimate of drug-likeness (QED) is 0.630. The molecule has 1 aliphatic rings. The van der Waals surface area contributed by atoms with Crippen molar-refractivity contribution in [1.29, 1.82) is 0 Å². The highest BCUT2D eigenvalue weighted by atomic mass is 16.5. The average molecular weight is 365 g/mol. The first kappa shape index (κ1) is 18.2. The molecule has 0 bridgehead atoms. The van der Waals surface area contributed by atoms with E-state index in [1.54, 1.807) is 49.6 Å². The Kier molecular flexibility index (Phi) is 5.21. The first-order chi connectivity index (χ1) is 13.0. The fourth-order valence-corrected chi connectivity index (χ4v) is 2.63. The van der Waals surface area contributed by atoms with Gasteiger partial charge in [-0.1, -0.05) is 30.3 Å². The number of imide groups is 1. The van der Waals surface area contributed by atoms with Crippen LogP contribution in [-0.4, -0.2) is 36.4 Å². The molecule has 0 unspecified atom stereocenters. The second kappa shape index (κ2) is 7.74. The molecule has 0 spiro atoms. The number of para-hydroxylation sites is 1. The van der Waals surface area contributed by atoms with E-state index in [2.05, 4.69) is 10.6 Å². The van der Waals surface area contributed by atoms with Crippen LogP contribution in [-0.2, 0) is 9.59 Å². The molecule has 138 valence electrons. The van der Waals surface area contributed by atoms with Crippen molar-refractivity contribution in [2.45, 2.75) is 6.92 Å². The minimum absolute atomic E-state index is 0.119. The number of amides is 4. The van der Waals surface area contributed by atoms with Crippen molar-refractivity contribution in [3.8, 4) is 5.75 Å². The number of methoxy groups -OCH3 is 1. The molecule has 1 saturated heterocycles. The Hall–Kier alpha value is -3.61. The van der Waals surface area contributed by atoms with Crippen LogP contribution in [0.2, 0.25) is 0 Å². The zero-order valence-corrected chi connectivity index (χ0v) is 15.0. The maximum atomic E-state index is 12.5. The van der Waals surface area contributed by atoms with Crippen LogP contribution in [0.15, 0.2) is 54.2 Å². The topological polar surface area (TPSA) is 87.7 Å². The van der Waals surface area contributed by atoms with Gasteiger partial charge in [0.1, 0.15) is 18.0 Å². The standard InChI is InChI=1S/C20H19N3O4/c1-13-5-3-4-6-16(13)21-18(24)12-23-19(25)17(22-20(23)26)11-14-7-9-15(27-2)10-8-14/h3-11H,12H2,1-2H3,(H,21,24)(H,22,26)/b17-11-. The summed E-state index contributed by atoms with van der Waals surface area (Å²) in [6.45, 7) is 1.50. The first-order valence-electron chi connectivity index (χ1n) is 8.32. The van der Waals surface area contributed by atoms with Crippen LogP contribution in [0.1, 0.15) is 11.1 Å². The molecule has 0 atom stereocenters. The van der Waals surface area contributed by atoms with Gasteiger partial charge in [-0.25, -0.2) is 9.69 Å². The van der Waals surface area contributed by atoms with E-state index in [4.69, 9.17) is 4.74 Å². The lowest BCUT2D eigenvalue weighted by Gasteiger charge is -2.13. The lowest BCUT2D eigenvalue weighted by atomic mass is 10.2. The number of nitrogens with zero attached hydrogens (tertiary/aromatic N) is 1. The Bertz CT molecular complexity index is 919. The largest absolute Gasteiger partial charge is 0.497 e. The van der Waals surface area contributed by atoms with E-state index in [9.17, 15) is 14.4 Å². The molecule has 4 amide bonds. The third kappa shape index (κ3) is 4.14. The summed E-state index contributed by atoms with van der Waals surface area (Å²) in [4.78, 5) is 37.7. The predicted molar refractivity (Wildman–Crippen MR) is 101 cm³/mol. The predicted octanol–water partition coefficient (Wildman–Crippen LogP) is 2.54. The SMILES string of the molecule is COc1ccc(/C=C2\NC(=O)N(CC(=O)Nc3ccccc3C)C2=O)cc1. The summed E-state index contributed by atoms with van der Waals surface area (Å²) in [5.74, 6) is -0.303. The molecule has 3 rings (SSSR count). The van der Waals surface area contributed by atoms with Gasteiger partial charge in [0, 0.05) is 5.69 Å². The van der Waals surface area contributed by atoms with E-state index in [1.165, 1.54) is 0 Å². The van der Waals surface area contributed by atoms with Gasteiger partial charge in [0.2, 0.25) is 5.91 Å². The van der Waals surface area contributed by atoms with Crippen molar-refractivity contribution in [2.24, 2.45) is 0 Å². The zero-order valence-electron chi connectivity index (χ0n) is 15.0. The van der Waals surface area contributed by atoms with Crippen LogP contribution < -0.4 is 15.4 Å². The highest BCUT2D eigenvalue weighted by Crippen LogP contribution is 2.18. The third-order valence-corrected chi connectivity index (χ3v) is 4.11. The summed E-state index contributed by atoms with van der Waals surface area (Å²) in [6.07, 6.45) is 1.55. The number of nitrogens with one attached hydrogen (secondary N) is 2. The zero-order chi connectivity index (χ0) is 19.4. The van der Waals surface area contributed by atoms with E-state index in [0.29, 0.717) is 11.4 Å². The summed E-state index contributed by atoms with van der Waals surface area (Å²) in [7, 11) is 1.56. The molecule has 1 heterocycles. The van der Waals surface area contributed by atoms with Crippen molar-refractivity contribution in [3.05, 3.63) is 65.4 Å². The van der Waals surface area contributed by atoms with Crippen LogP contribution in [0.5, 0.6) is 5.75 Å². The minimum Gasteiger partial charge on any atom is -0.497 e. The molecule has 0 aromatic heterocycles. The van der Waals surface area contributed by atoms with Crippen LogP contribution in [0, 0.1) is 6.92 Å². The summed E-state index contributed by atoms with van der Waals surface area (Å²) in [6, 6.07) is 13.7. The molecule has 7 heteroatoms. The van der Waals surface area contributed by atoms with Crippen LogP contribution in [0.25, 0.3) is 6.08 Å². The fourth-order valence-electron chi connectivity index (χ4n) is 2.63. The third-order valence-electron chi connectivity index (χ3n) is 4.11. The van der Waals surface area contributed by atoms with Gasteiger partial charge < -0.3 is 15.4 Å². The van der Waals surface area contributed by atoms with Crippen molar-refractivity contribution in [2.75, 3.05) is 19.0 Å². The highest BCUT2D eigenvalue weighted by molar-refractivity contribution is 6.15. The van der Waals surface area contributed by atoms with Gasteiger partial charge in [0.25, 0.3) is 5.91 Å². The summed E-state index contributed by atoms with van der Waals surface area (Å²) < 4.78 is 5.09. The Morgan fingerprint density at radius 1 is 1.15 bits per heavy atom. The van der Waals surface area contributed by atoms with E-state index in [-0.39, 0.29) is 12.2 Å². The monoisotopic (exact) mass is 365 g/mol. The second-order valence-corrected chi connectivity index (χ2v) is 6.02. The number of ether oxygens (including phenoxy) is 1. The van der Waals surface area contributed by atoms with E-state index >= 15 is 0 Å². The van der Waals surface area contributed by atoms with Gasteiger partial charge in [-0.3, -0.25) is 9.59 Å². The van der Waals surface area contributed by atoms with Gasteiger partial charge in [-0.2, -0.15) is 0 Å². The summed E-state index contributed by atoms with van der Waals surface area (Å²) in [5.41, 5.74) is 2.38. The van der Waals surface area contributed by atoms with Gasteiger partial charge >= 0.3 is 6.03 Å². The number of carbonyl (C=O) groups excluding carboxylic acids is 3. The summed E-state index contributed by atoms with van der Waals surface area (Å²) >= 11 is 0. The number of anilines is 1. The maximum Gasteiger partial charge on any atom is 0.329 e. The van der Waals surface area contributed by atoms with E-state index < -0.39 is 17.8 Å². The van der Waals surface area contributed by atoms with E-state index in [0.717, 1.165) is 16.0 Å². The second-order valence-electron chi connectivity index (χ2n) is 6.02. The number of urea groups is 1. The molecule has 0 saturated carbocycles. The molecule has 1 aliphatic heterocycles. The molecule has 1 fully saturated rings. The highest BCUT2D eigenvalue weighted by Gasteiger charge is 2.34. The van der Waals surface area contributed by atoms with Crippen molar-refractivity contribution < 1.29 is 19.1 Å². The molecule has 2 aromatic carbocycles. The smallest absolute Gasteiger partial charge is 0.329 e. The molecule has 27 heavy (non-hydrogen) atoms. The molecule has 0 radical (unpaired) electrons. The van der Waals surface area contributed by atoms with Crippen LogP contribution in [0.3, 0.4) is 0 Å². The number of rotatable bonds is 5. The maximum absolute atomic E-state index is 12.5. The minimum atomic E-state index is -0.625. The van der Waals surface area contributed by atoms with Crippen molar-refractivity contribution >= 4 is 29.6 Å². The van der Waals surface area contributed by atoms with Gasteiger partial charge in [-0.15, -0.1) is 0 Å². The molecule has 2 N–H and O–H groups in total. The van der Waals surface area contributed by atoms with E-state index in [1.807, 2.05) is 19.1 Å². The Morgan fingerprint density at radius 2 is 1.85 bits per heavy atom. The van der Waals surface area contributed by atoms with Gasteiger partial charge in [0.15, 0.2) is 0 Å². The summed E-state index contributed by atoms with van der Waals surface area (Å²) in [5, 5.41) is 5.21. The lowest BCUT2D eigenvalue weighted by Crippen LogP contribution is -2.38. The fraction of sp³-hybridized carbons (Fsp3) is 0.150. The molecular formula is C20H19N3O4.